The number of benzene rings is 1. The van der Waals surface area contributed by atoms with Gasteiger partial charge in [0.25, 0.3) is 0 Å². The van der Waals surface area contributed by atoms with Gasteiger partial charge in [-0.15, -0.1) is 0 Å². The molecule has 1 atom stereocenters. The van der Waals surface area contributed by atoms with Gasteiger partial charge in [0.1, 0.15) is 5.84 Å². The minimum atomic E-state index is -0.456. The fraction of sp³-hybridized carbons (Fsp3) is 0.231. The molecule has 0 fully saturated rings. The second-order valence-electron chi connectivity index (χ2n) is 3.62. The number of aliphatic imine (C=N–C) groups is 1. The van der Waals surface area contributed by atoms with Crippen molar-refractivity contribution >= 4 is 11.5 Å². The van der Waals surface area contributed by atoms with Gasteiger partial charge in [0.2, 0.25) is 6.23 Å². The van der Waals surface area contributed by atoms with Gasteiger partial charge in [-0.05, 0) is 6.07 Å². The van der Waals surface area contributed by atoms with Crippen molar-refractivity contribution in [3.8, 4) is 0 Å². The van der Waals surface area contributed by atoms with Crippen molar-refractivity contribution < 1.29 is 9.47 Å². The van der Waals surface area contributed by atoms with E-state index >= 15 is 0 Å². The molecule has 0 saturated carbocycles. The molecule has 1 aromatic rings. The number of rotatable bonds is 3. The zero-order valence-electron chi connectivity index (χ0n) is 10.2. The van der Waals surface area contributed by atoms with Crippen LogP contribution in [0.3, 0.4) is 0 Å². The molecule has 0 aromatic heterocycles. The van der Waals surface area contributed by atoms with Crippen molar-refractivity contribution in [2.24, 2.45) is 4.99 Å². The van der Waals surface area contributed by atoms with Gasteiger partial charge in [-0.2, -0.15) is 0 Å². The first-order chi connectivity index (χ1) is 8.78. The van der Waals surface area contributed by atoms with E-state index in [1.807, 2.05) is 12.1 Å². The Morgan fingerprint density at radius 2 is 2.22 bits per heavy atom. The van der Waals surface area contributed by atoms with Crippen LogP contribution in [-0.2, 0) is 9.47 Å². The van der Waals surface area contributed by atoms with E-state index in [0.29, 0.717) is 17.3 Å². The Morgan fingerprint density at radius 1 is 1.39 bits per heavy atom. The van der Waals surface area contributed by atoms with Crippen LogP contribution in [-0.4, -0.2) is 26.3 Å². The van der Waals surface area contributed by atoms with Crippen LogP contribution in [0.25, 0.3) is 4.85 Å². The lowest BCUT2D eigenvalue weighted by atomic mass is 10.1. The molecule has 1 heterocycles. The monoisotopic (exact) mass is 243 g/mol. The van der Waals surface area contributed by atoms with Crippen molar-refractivity contribution in [2.45, 2.75) is 6.23 Å². The number of methoxy groups -OCH3 is 2. The second kappa shape index (κ2) is 5.34. The van der Waals surface area contributed by atoms with Crippen LogP contribution in [0.5, 0.6) is 0 Å². The lowest BCUT2D eigenvalue weighted by Crippen LogP contribution is -2.30. The predicted octanol–water partition coefficient (Wildman–Crippen LogP) is 2.05. The summed E-state index contributed by atoms with van der Waals surface area (Å²) in [6.45, 7) is 7.00. The molecular weight excluding hydrogens is 230 g/mol. The Hall–Kier alpha value is -2.32. The molecule has 0 aliphatic carbocycles. The molecule has 92 valence electrons. The van der Waals surface area contributed by atoms with Crippen LogP contribution in [0.2, 0.25) is 0 Å². The van der Waals surface area contributed by atoms with Gasteiger partial charge >= 0.3 is 0 Å². The summed E-state index contributed by atoms with van der Waals surface area (Å²) in [4.78, 5) is 7.78. The lowest BCUT2D eigenvalue weighted by molar-refractivity contribution is 0.0823. The molecule has 0 spiro atoms. The van der Waals surface area contributed by atoms with E-state index in [4.69, 9.17) is 16.0 Å². The summed E-state index contributed by atoms with van der Waals surface area (Å²) in [5, 5.41) is 3.03. The highest BCUT2D eigenvalue weighted by Gasteiger charge is 2.19. The summed E-state index contributed by atoms with van der Waals surface area (Å²) >= 11 is 0. The summed E-state index contributed by atoms with van der Waals surface area (Å²) in [5.74, 6) is 1.27. The van der Waals surface area contributed by atoms with Crippen LogP contribution in [0, 0.1) is 6.57 Å². The normalized spacial score (nSPS) is 18.2. The van der Waals surface area contributed by atoms with E-state index in [1.54, 1.807) is 32.6 Å². The second-order valence-corrected chi connectivity index (χ2v) is 3.62. The van der Waals surface area contributed by atoms with Gasteiger partial charge in [0, 0.05) is 18.9 Å². The van der Waals surface area contributed by atoms with Gasteiger partial charge in [0.05, 0.1) is 13.7 Å². The lowest BCUT2D eigenvalue weighted by Gasteiger charge is -2.21. The standard InChI is InChI=1S/C13H13N3O2/c1-14-10-6-4-5-9(7-10)12-15-8-11(17-2)13(16-12)18-3/h4-8,13H,2-3H3,(H,15,16). The Morgan fingerprint density at radius 3 is 2.89 bits per heavy atom. The average molecular weight is 243 g/mol. The van der Waals surface area contributed by atoms with Crippen molar-refractivity contribution in [3.63, 3.8) is 0 Å². The first-order valence-electron chi connectivity index (χ1n) is 5.37. The third-order valence-corrected chi connectivity index (χ3v) is 2.55. The molecule has 0 saturated heterocycles. The SMILES string of the molecule is [C-]#[N+]c1cccc(C2=NC(OC)C(OC)=CN2)c1. The molecular formula is C13H13N3O2. The fourth-order valence-electron chi connectivity index (χ4n) is 1.64. The predicted molar refractivity (Wildman–Crippen MR) is 68.3 cm³/mol. The topological polar surface area (TPSA) is 47.2 Å². The minimum absolute atomic E-state index is 0.456. The summed E-state index contributed by atoms with van der Waals surface area (Å²) < 4.78 is 10.4. The first-order valence-corrected chi connectivity index (χ1v) is 5.37. The molecule has 0 amide bonds. The number of hydrogen-bond acceptors (Lipinski definition) is 4. The molecule has 18 heavy (non-hydrogen) atoms. The van der Waals surface area contributed by atoms with E-state index in [1.165, 1.54) is 0 Å². The van der Waals surface area contributed by atoms with E-state index in [0.717, 1.165) is 5.56 Å². The summed E-state index contributed by atoms with van der Waals surface area (Å²) in [7, 11) is 3.14. The molecule has 5 nitrogen and oxygen atoms in total. The van der Waals surface area contributed by atoms with Gasteiger partial charge in [-0.1, -0.05) is 18.2 Å². The Kier molecular flexibility index (Phi) is 3.60. The molecule has 1 aliphatic heterocycles. The zero-order valence-corrected chi connectivity index (χ0v) is 10.2. The maximum Gasteiger partial charge on any atom is 0.209 e. The maximum absolute atomic E-state index is 7.00. The number of hydrogen-bond donors (Lipinski definition) is 1. The minimum Gasteiger partial charge on any atom is -0.495 e. The average Bonchev–Trinajstić information content (AvgIpc) is 2.46. The fourth-order valence-corrected chi connectivity index (χ4v) is 1.64. The van der Waals surface area contributed by atoms with Crippen LogP contribution in [0.4, 0.5) is 5.69 Å². The molecule has 1 unspecified atom stereocenters. The van der Waals surface area contributed by atoms with Crippen LogP contribution >= 0.6 is 0 Å². The number of ether oxygens (including phenoxy) is 2. The van der Waals surface area contributed by atoms with Crippen molar-refractivity contribution in [3.05, 3.63) is 53.2 Å². The molecule has 0 radical (unpaired) electrons. The quantitative estimate of drug-likeness (QED) is 0.826. The van der Waals surface area contributed by atoms with Gasteiger partial charge < -0.3 is 14.8 Å². The summed E-state index contributed by atoms with van der Waals surface area (Å²) in [5.41, 5.74) is 1.42. The van der Waals surface area contributed by atoms with Crippen molar-refractivity contribution in [1.29, 1.82) is 0 Å². The largest absolute Gasteiger partial charge is 0.495 e. The highest BCUT2D eigenvalue weighted by Crippen LogP contribution is 2.18. The molecule has 1 N–H and O–H groups in total. The third-order valence-electron chi connectivity index (χ3n) is 2.55. The number of nitrogens with one attached hydrogen (secondary N) is 1. The van der Waals surface area contributed by atoms with Crippen LogP contribution in [0.1, 0.15) is 5.56 Å². The van der Waals surface area contributed by atoms with Gasteiger partial charge in [0.15, 0.2) is 11.4 Å². The maximum atomic E-state index is 7.00. The summed E-state index contributed by atoms with van der Waals surface area (Å²) in [6, 6.07) is 7.24. The third kappa shape index (κ3) is 2.34. The van der Waals surface area contributed by atoms with E-state index in [2.05, 4.69) is 15.2 Å². The van der Waals surface area contributed by atoms with Gasteiger partial charge in [-0.3, -0.25) is 0 Å². The van der Waals surface area contributed by atoms with E-state index in [9.17, 15) is 0 Å². The highest BCUT2D eigenvalue weighted by atomic mass is 16.5. The molecule has 5 heteroatoms. The Bertz CT molecular complexity index is 543. The van der Waals surface area contributed by atoms with E-state index in [-0.39, 0.29) is 0 Å². The number of amidine groups is 1. The van der Waals surface area contributed by atoms with Gasteiger partial charge in [-0.25, -0.2) is 9.84 Å². The van der Waals surface area contributed by atoms with E-state index < -0.39 is 6.23 Å². The van der Waals surface area contributed by atoms with Crippen molar-refractivity contribution in [2.75, 3.05) is 14.2 Å². The molecule has 0 bridgehead atoms. The Balaban J connectivity index is 2.30. The summed E-state index contributed by atoms with van der Waals surface area (Å²) in [6.07, 6.45) is 1.25. The zero-order chi connectivity index (χ0) is 13.0. The highest BCUT2D eigenvalue weighted by molar-refractivity contribution is 6.00. The Labute approximate surface area is 106 Å². The molecule has 2 rings (SSSR count). The molecule has 1 aromatic carbocycles. The van der Waals surface area contributed by atoms with Crippen LogP contribution in [0.15, 0.2) is 41.2 Å². The first kappa shape index (κ1) is 12.1. The number of nitrogens with zero attached hydrogens (tertiary/aromatic N) is 2. The molecule has 1 aliphatic rings. The van der Waals surface area contributed by atoms with Crippen molar-refractivity contribution in [1.82, 2.24) is 5.32 Å². The van der Waals surface area contributed by atoms with Crippen LogP contribution < -0.4 is 5.32 Å². The smallest absolute Gasteiger partial charge is 0.209 e.